The molecule has 1 saturated carbocycles. The van der Waals surface area contributed by atoms with Gasteiger partial charge in [0.2, 0.25) is 0 Å². The summed E-state index contributed by atoms with van der Waals surface area (Å²) in [6, 6.07) is 20.3. The lowest BCUT2D eigenvalue weighted by atomic mass is 9.85. The highest BCUT2D eigenvalue weighted by molar-refractivity contribution is 8.18. The van der Waals surface area contributed by atoms with Crippen LogP contribution in [-0.4, -0.2) is 28.6 Å². The van der Waals surface area contributed by atoms with Gasteiger partial charge in [-0.3, -0.25) is 9.69 Å². The molecule has 0 unspecified atom stereocenters. The lowest BCUT2D eigenvalue weighted by Crippen LogP contribution is -2.44. The zero-order valence-electron chi connectivity index (χ0n) is 24.8. The highest BCUT2D eigenvalue weighted by Gasteiger charge is 2.41. The predicted octanol–water partition coefficient (Wildman–Crippen LogP) is 8.77. The van der Waals surface area contributed by atoms with Crippen molar-refractivity contribution in [3.8, 4) is 11.5 Å². The van der Waals surface area contributed by atoms with Crippen molar-refractivity contribution >= 4 is 34.6 Å². The Morgan fingerprint density at radius 1 is 0.951 bits per heavy atom. The van der Waals surface area contributed by atoms with Crippen LogP contribution in [0.5, 0.6) is 11.5 Å². The number of hydrogen-bond donors (Lipinski definition) is 0. The molecule has 0 radical (unpaired) electrons. The minimum atomic E-state index is 0.0343. The molecule has 1 aliphatic heterocycles. The van der Waals surface area contributed by atoms with Crippen molar-refractivity contribution in [3.63, 3.8) is 0 Å². The Kier molecular flexibility index (Phi) is 9.19. The largest absolute Gasteiger partial charge is 0.490 e. The number of nitrogens with zero attached hydrogens (tertiary/aromatic N) is 2. The molecule has 1 amide bonds. The number of aryl methyl sites for hydroxylation is 3. The molecule has 0 N–H and O–H groups in total. The maximum atomic E-state index is 13.9. The number of amides is 1. The molecule has 5 rings (SSSR count). The van der Waals surface area contributed by atoms with Crippen molar-refractivity contribution in [2.45, 2.75) is 73.0 Å². The standard InChI is InChI=1S/C35H40N2O3S/c1-6-39-32-20-27(16-17-31(32)40-22-29-25(4)18-23(2)19-26(29)5)21-33-34(38)37(30-15-11-10-12-24(30)3)35(41-33)36-28-13-8-7-9-14-28/h7-9,13-14,16-21,24,30H,6,10-12,15,22H2,1-5H3/b33-21-,36-35?/t24-,30+/m0/s1. The fourth-order valence-electron chi connectivity index (χ4n) is 5.89. The lowest BCUT2D eigenvalue weighted by Gasteiger charge is -2.35. The lowest BCUT2D eigenvalue weighted by molar-refractivity contribution is -0.124. The van der Waals surface area contributed by atoms with E-state index >= 15 is 0 Å². The van der Waals surface area contributed by atoms with Crippen LogP contribution >= 0.6 is 11.8 Å². The normalized spacial score (nSPS) is 21.1. The van der Waals surface area contributed by atoms with Crippen LogP contribution in [0.1, 0.15) is 67.3 Å². The summed E-state index contributed by atoms with van der Waals surface area (Å²) in [7, 11) is 0. The zero-order valence-corrected chi connectivity index (χ0v) is 25.6. The third-order valence-electron chi connectivity index (χ3n) is 7.99. The molecule has 0 spiro atoms. The van der Waals surface area contributed by atoms with Crippen LogP contribution in [0.15, 0.2) is 70.6 Å². The van der Waals surface area contributed by atoms with Gasteiger partial charge in [-0.2, -0.15) is 0 Å². The second kappa shape index (κ2) is 13.0. The molecule has 2 aliphatic rings. The van der Waals surface area contributed by atoms with Gasteiger partial charge in [0.05, 0.1) is 17.2 Å². The number of para-hydroxylation sites is 1. The number of aliphatic imine (C=N–C) groups is 1. The van der Waals surface area contributed by atoms with Gasteiger partial charge < -0.3 is 9.47 Å². The molecule has 3 aromatic carbocycles. The zero-order chi connectivity index (χ0) is 28.9. The topological polar surface area (TPSA) is 51.1 Å². The van der Waals surface area contributed by atoms with E-state index in [1.807, 2.05) is 66.4 Å². The Labute approximate surface area is 248 Å². The van der Waals surface area contributed by atoms with Gasteiger partial charge in [-0.15, -0.1) is 0 Å². The number of rotatable bonds is 8. The van der Waals surface area contributed by atoms with Crippen LogP contribution in [0, 0.1) is 26.7 Å². The smallest absolute Gasteiger partial charge is 0.267 e. The van der Waals surface area contributed by atoms with Crippen molar-refractivity contribution in [1.29, 1.82) is 0 Å². The van der Waals surface area contributed by atoms with Crippen LogP contribution in [-0.2, 0) is 11.4 Å². The first kappa shape index (κ1) is 29.0. The van der Waals surface area contributed by atoms with Crippen molar-refractivity contribution in [2.75, 3.05) is 6.61 Å². The molecule has 1 saturated heterocycles. The fourth-order valence-corrected chi connectivity index (χ4v) is 6.94. The van der Waals surface area contributed by atoms with Gasteiger partial charge in [0.1, 0.15) is 6.61 Å². The highest BCUT2D eigenvalue weighted by atomic mass is 32.2. The number of benzene rings is 3. The van der Waals surface area contributed by atoms with Gasteiger partial charge in [0.25, 0.3) is 5.91 Å². The second-order valence-corrected chi connectivity index (χ2v) is 12.2. The van der Waals surface area contributed by atoms with E-state index in [1.54, 1.807) is 0 Å². The number of thioether (sulfide) groups is 1. The first-order valence-electron chi connectivity index (χ1n) is 14.7. The molecule has 6 heteroatoms. The molecule has 214 valence electrons. The molecule has 2 fully saturated rings. The fraction of sp³-hybridized carbons (Fsp3) is 0.371. The van der Waals surface area contributed by atoms with E-state index in [0.717, 1.165) is 35.7 Å². The highest BCUT2D eigenvalue weighted by Crippen LogP contribution is 2.41. The van der Waals surface area contributed by atoms with Crippen LogP contribution in [0.3, 0.4) is 0 Å². The van der Waals surface area contributed by atoms with Gasteiger partial charge in [-0.25, -0.2) is 4.99 Å². The average molecular weight is 569 g/mol. The SMILES string of the molecule is CCOc1cc(/C=C2\SC(=Nc3ccccc3)N([C@@H]3CCCC[C@@H]3C)C2=O)ccc1OCc1c(C)cc(C)cc1C. The number of ether oxygens (including phenoxy) is 2. The quantitative estimate of drug-likeness (QED) is 0.255. The Balaban J connectivity index is 1.43. The Morgan fingerprint density at radius 2 is 1.68 bits per heavy atom. The van der Waals surface area contributed by atoms with Crippen molar-refractivity contribution < 1.29 is 14.3 Å². The van der Waals surface area contributed by atoms with E-state index in [4.69, 9.17) is 14.5 Å². The summed E-state index contributed by atoms with van der Waals surface area (Å²) < 4.78 is 12.3. The van der Waals surface area contributed by atoms with E-state index in [-0.39, 0.29) is 11.9 Å². The van der Waals surface area contributed by atoms with E-state index in [0.29, 0.717) is 35.5 Å². The summed E-state index contributed by atoms with van der Waals surface area (Å²) in [5, 5.41) is 0.764. The summed E-state index contributed by atoms with van der Waals surface area (Å²) in [5.74, 6) is 1.85. The molecule has 0 bridgehead atoms. The second-order valence-electron chi connectivity index (χ2n) is 11.1. The Morgan fingerprint density at radius 3 is 2.39 bits per heavy atom. The summed E-state index contributed by atoms with van der Waals surface area (Å²) in [6.07, 6.45) is 6.47. The van der Waals surface area contributed by atoms with Crippen molar-refractivity contribution in [3.05, 3.63) is 93.4 Å². The molecular formula is C35H40N2O3S. The molecule has 41 heavy (non-hydrogen) atoms. The third-order valence-corrected chi connectivity index (χ3v) is 8.98. The summed E-state index contributed by atoms with van der Waals surface area (Å²) in [6.45, 7) is 11.6. The van der Waals surface area contributed by atoms with Crippen LogP contribution in [0.4, 0.5) is 5.69 Å². The van der Waals surface area contributed by atoms with E-state index < -0.39 is 0 Å². The van der Waals surface area contributed by atoms with Gasteiger partial charge in [-0.1, -0.05) is 61.7 Å². The Bertz CT molecular complexity index is 1440. The predicted molar refractivity (Wildman–Crippen MR) is 170 cm³/mol. The molecule has 2 atom stereocenters. The van der Waals surface area contributed by atoms with Gasteiger partial charge >= 0.3 is 0 Å². The first-order valence-corrected chi connectivity index (χ1v) is 15.5. The molecule has 0 aromatic heterocycles. The summed E-state index contributed by atoms with van der Waals surface area (Å²) in [4.78, 5) is 21.4. The average Bonchev–Trinajstić information content (AvgIpc) is 3.24. The van der Waals surface area contributed by atoms with Gasteiger partial charge in [0, 0.05) is 6.04 Å². The van der Waals surface area contributed by atoms with E-state index in [1.165, 1.54) is 40.4 Å². The summed E-state index contributed by atoms with van der Waals surface area (Å²) in [5.41, 5.74) is 6.66. The summed E-state index contributed by atoms with van der Waals surface area (Å²) >= 11 is 1.46. The van der Waals surface area contributed by atoms with Crippen LogP contribution < -0.4 is 9.47 Å². The molecule has 3 aromatic rings. The minimum absolute atomic E-state index is 0.0343. The molecular weight excluding hydrogens is 528 g/mol. The molecule has 5 nitrogen and oxygen atoms in total. The number of carbonyl (C=O) groups is 1. The van der Waals surface area contributed by atoms with E-state index in [9.17, 15) is 4.79 Å². The van der Waals surface area contributed by atoms with Gasteiger partial charge in [-0.05, 0) is 111 Å². The number of carbonyl (C=O) groups excluding carboxylic acids is 1. The maximum absolute atomic E-state index is 13.9. The molecule has 1 heterocycles. The van der Waals surface area contributed by atoms with Crippen molar-refractivity contribution in [1.82, 2.24) is 4.90 Å². The monoisotopic (exact) mass is 568 g/mol. The third kappa shape index (κ3) is 6.70. The Hall–Kier alpha value is -3.51. The first-order chi connectivity index (χ1) is 19.8. The van der Waals surface area contributed by atoms with Crippen LogP contribution in [0.2, 0.25) is 0 Å². The minimum Gasteiger partial charge on any atom is -0.490 e. The maximum Gasteiger partial charge on any atom is 0.267 e. The number of amidine groups is 1. The van der Waals surface area contributed by atoms with Gasteiger partial charge in [0.15, 0.2) is 16.7 Å². The van der Waals surface area contributed by atoms with E-state index in [2.05, 4.69) is 39.8 Å². The van der Waals surface area contributed by atoms with Crippen molar-refractivity contribution in [2.24, 2.45) is 10.9 Å². The molecule has 1 aliphatic carbocycles. The number of hydrogen-bond acceptors (Lipinski definition) is 5. The van der Waals surface area contributed by atoms with Crippen LogP contribution in [0.25, 0.3) is 6.08 Å².